The van der Waals surface area contributed by atoms with E-state index in [0.717, 1.165) is 205 Å². The van der Waals surface area contributed by atoms with Crippen molar-refractivity contribution < 1.29 is 78.8 Å². The SMILES string of the molecule is BrCCCCCCBr.BrCCCCCCOc1ccc2nc[nH]c2c1.CC(C)I.CC(C)n1c[n+](C(C)C)c2ccc(OCCCCCCN=[N+]=[N-])cc21.CC(C)n1c[n+](C(C)C)c2ccc(OCCCCCCN=[N+]=[N-])cc21.Nc1ccc(O)cc1[N+](=O)[O-].Nc1ccc(OCCCCCCBr)cc1[N+](=O)[O-].[B].[H-].[N-]=[N+]=NCCCCCCOc1ccc2nc[nH]c2c1.[Na+]. The third-order valence-corrected chi connectivity index (χ3v) is 21.2. The Kier molecular flexibility index (Phi) is 67.9. The Hall–Kier alpha value is -7.96. The molecule has 10 rings (SSSR count). The van der Waals surface area contributed by atoms with E-state index in [1.165, 1.54) is 91.3 Å². The summed E-state index contributed by atoms with van der Waals surface area (Å²) in [5.74, 6) is 3.98. The molecule has 0 aliphatic carbocycles. The van der Waals surface area contributed by atoms with E-state index in [1.807, 2.05) is 36.4 Å². The van der Waals surface area contributed by atoms with Gasteiger partial charge in [-0.15, -0.1) is 0 Å². The summed E-state index contributed by atoms with van der Waals surface area (Å²) in [4.78, 5) is 42.5. The summed E-state index contributed by atoms with van der Waals surface area (Å²) in [5.41, 5.74) is 44.0. The number of aromatic nitrogens is 8. The van der Waals surface area contributed by atoms with Gasteiger partial charge in [-0.05, 0) is 222 Å². The number of nitro groups is 2. The van der Waals surface area contributed by atoms with E-state index >= 15 is 0 Å². The van der Waals surface area contributed by atoms with Crippen LogP contribution in [0.25, 0.3) is 75.5 Å². The van der Waals surface area contributed by atoms with Crippen molar-refractivity contribution in [2.45, 2.75) is 251 Å². The summed E-state index contributed by atoms with van der Waals surface area (Å²) in [6, 6.07) is 34.3. The number of unbranched alkanes of at least 4 members (excludes halogenated alkanes) is 18. The van der Waals surface area contributed by atoms with Gasteiger partial charge >= 0.3 is 29.6 Å². The van der Waals surface area contributed by atoms with Gasteiger partial charge in [0.1, 0.15) is 45.9 Å². The number of nitrogens with zero attached hydrogens (tertiary/aromatic N) is 17. The van der Waals surface area contributed by atoms with Gasteiger partial charge in [0.05, 0.1) is 114 Å². The smallest absolute Gasteiger partial charge is 1.00 e. The molecule has 0 spiro atoms. The number of aromatic amines is 2. The number of halogens is 5. The molecule has 7 N–H and O–H groups in total. The molecule has 0 aliphatic heterocycles. The third-order valence-electron chi connectivity index (χ3n) is 19.0. The number of ether oxygens (including phenoxy) is 5. The molecular formula is C91H137BBr4IN21NaO10+2. The molecule has 4 aromatic heterocycles. The molecule has 0 amide bonds. The molecule has 0 aliphatic rings. The topological polar surface area (TPSA) is 426 Å². The number of nitrogen functional groups attached to an aromatic ring is 2. The Morgan fingerprint density at radius 1 is 0.450 bits per heavy atom. The largest absolute Gasteiger partial charge is 1.00 e. The van der Waals surface area contributed by atoms with Crippen molar-refractivity contribution in [2.75, 3.05) is 85.5 Å². The van der Waals surface area contributed by atoms with E-state index < -0.39 is 9.85 Å². The molecule has 6 aromatic carbocycles. The molecular weight excluding hydrogens is 2030 g/mol. The molecule has 10 aromatic rings. The average Bonchev–Trinajstić information content (AvgIpc) is 1.64. The standard InChI is InChI=1S/2C19H30N5O.C13H17BrN2O.C13H17N5O.C12H17BrN2O3.C6H12Br2.C6H6N2O3.C3H7I.B.Na.H/c2*1-15(2)23-14-24(16(3)4)19-13-17(9-10-18(19)23)25-12-8-6-5-7-11-21-22-20;14-7-3-1-2-4-8-17-11-5-6-12-13(9-11)16-10-15-12;14-18-17-7-3-1-2-4-8-19-11-5-6-12-13(9-11)16-10-15-12;13-7-3-1-2-4-8-18-10-5-6-11(14)12(9-10)15(16)17;7-5-3-1-2-4-6-8;7-5-2-1-4(9)3-6(5)8(10)11;1-3(2)4;;;/h2*9-10,13-16H,5-8,11-12H2,1-4H3;5-6,9-10H,1-4,7-8H2,(H,15,16);5-6,9-10H,1-4,7-8H2,(H,15,16);5-6,9H,1-4,7-8,14H2;1-6H2;1-3,9H,7H2;3H,1-2H3;;;/q2*+1;;;;;;;;+1;-1. The van der Waals surface area contributed by atoms with Gasteiger partial charge in [-0.3, -0.25) is 20.2 Å². The van der Waals surface area contributed by atoms with Gasteiger partial charge in [-0.2, -0.15) is 0 Å². The summed E-state index contributed by atoms with van der Waals surface area (Å²) in [6.45, 7) is 27.2. The van der Waals surface area contributed by atoms with Gasteiger partial charge in [0.2, 0.25) is 12.7 Å². The molecule has 703 valence electrons. The van der Waals surface area contributed by atoms with Crippen molar-refractivity contribution in [2.24, 2.45) is 15.3 Å². The minimum Gasteiger partial charge on any atom is -1.00 e. The molecule has 0 fully saturated rings. The number of phenolic OH excluding ortho intramolecular Hbond substituents is 1. The van der Waals surface area contributed by atoms with Crippen LogP contribution >= 0.6 is 86.3 Å². The zero-order valence-electron chi connectivity index (χ0n) is 78.4. The predicted molar refractivity (Wildman–Crippen MR) is 546 cm³/mol. The number of benzene rings is 6. The van der Waals surface area contributed by atoms with E-state index in [1.54, 1.807) is 18.7 Å². The van der Waals surface area contributed by atoms with E-state index in [2.05, 4.69) is 273 Å². The molecule has 0 atom stereocenters. The second-order valence-electron chi connectivity index (χ2n) is 31.0. The molecule has 3 radical (unpaired) electrons. The summed E-state index contributed by atoms with van der Waals surface area (Å²) in [6.07, 6.45) is 34.8. The number of nitro benzene ring substituents is 2. The van der Waals surface area contributed by atoms with E-state index in [9.17, 15) is 20.2 Å². The number of rotatable bonds is 49. The maximum atomic E-state index is 10.7. The second kappa shape index (κ2) is 73.6. The Morgan fingerprint density at radius 2 is 0.729 bits per heavy atom. The third kappa shape index (κ3) is 51.0. The maximum absolute atomic E-state index is 10.7. The molecule has 0 saturated carbocycles. The van der Waals surface area contributed by atoms with Crippen LogP contribution in [0.3, 0.4) is 0 Å². The average molecular weight is 2170 g/mol. The van der Waals surface area contributed by atoms with Crippen LogP contribution in [0, 0.1) is 20.2 Å². The molecule has 0 saturated heterocycles. The molecule has 4 heterocycles. The van der Waals surface area contributed by atoms with Gasteiger partial charge in [0.25, 0.3) is 11.4 Å². The summed E-state index contributed by atoms with van der Waals surface area (Å²) in [5, 5.41) is 44.8. The van der Waals surface area contributed by atoms with Gasteiger partial charge in [0, 0.05) is 92.3 Å². The van der Waals surface area contributed by atoms with Crippen molar-refractivity contribution >= 4 is 162 Å². The number of aromatic hydroxyl groups is 1. The number of anilines is 2. The van der Waals surface area contributed by atoms with Crippen molar-refractivity contribution in [3.8, 4) is 34.5 Å². The number of nitrogens with two attached hydrogens (primary N) is 2. The molecule has 129 heavy (non-hydrogen) atoms. The van der Waals surface area contributed by atoms with E-state index in [4.69, 9.17) is 56.9 Å². The Morgan fingerprint density at radius 3 is 1.02 bits per heavy atom. The van der Waals surface area contributed by atoms with Crippen LogP contribution in [0.4, 0.5) is 22.7 Å². The number of nitrogens with one attached hydrogen (secondary N) is 2. The minimum atomic E-state index is -0.644. The fourth-order valence-corrected chi connectivity index (χ4v) is 13.9. The quantitative estimate of drug-likeness (QED) is 0.00192. The molecule has 0 unspecified atom stereocenters. The molecule has 31 nitrogen and oxygen atoms in total. The number of imidazole rings is 4. The van der Waals surface area contributed by atoms with Crippen molar-refractivity contribution in [1.29, 1.82) is 0 Å². The number of alkyl halides is 5. The monoisotopic (exact) mass is 2160 g/mol. The van der Waals surface area contributed by atoms with Crippen molar-refractivity contribution in [1.82, 2.24) is 29.1 Å². The Bertz CT molecular complexity index is 4730. The fourth-order valence-electron chi connectivity index (χ4n) is 12.3. The van der Waals surface area contributed by atoms with Gasteiger partial charge in [0.15, 0.2) is 22.1 Å². The van der Waals surface area contributed by atoms with Crippen LogP contribution in [-0.4, -0.2) is 130 Å². The first-order chi connectivity index (χ1) is 61.3. The van der Waals surface area contributed by atoms with Gasteiger partial charge in [-0.1, -0.05) is 193 Å². The normalized spacial score (nSPS) is 10.4. The minimum absolute atomic E-state index is 0. The second-order valence-corrected chi connectivity index (χ2v) is 36.7. The zero-order valence-corrected chi connectivity index (χ0v) is 87.9. The summed E-state index contributed by atoms with van der Waals surface area (Å²) >= 11 is 15.9. The van der Waals surface area contributed by atoms with Gasteiger partial charge in [-0.25, -0.2) is 28.2 Å². The van der Waals surface area contributed by atoms with Crippen LogP contribution in [0.15, 0.2) is 150 Å². The summed E-state index contributed by atoms with van der Waals surface area (Å²) in [7, 11) is 0. The number of fused-ring (bicyclic) bond motifs is 4. The zero-order chi connectivity index (χ0) is 93.4. The van der Waals surface area contributed by atoms with Crippen LogP contribution in [0.1, 0.15) is 249 Å². The summed E-state index contributed by atoms with van der Waals surface area (Å²) < 4.78 is 38.8. The first-order valence-corrected chi connectivity index (χ1v) is 49.8. The number of azide groups is 3. The van der Waals surface area contributed by atoms with Crippen molar-refractivity contribution in [3.05, 3.63) is 186 Å². The van der Waals surface area contributed by atoms with Crippen LogP contribution < -0.4 is 73.8 Å². The number of phenols is 1. The Balaban J connectivity index is 0.00000151. The van der Waals surface area contributed by atoms with Crippen LogP contribution in [0.2, 0.25) is 0 Å². The molecule has 38 heteroatoms. The number of hydrogen-bond donors (Lipinski definition) is 5. The number of H-pyrrole nitrogens is 2. The van der Waals surface area contributed by atoms with E-state index in [0.29, 0.717) is 62.8 Å². The van der Waals surface area contributed by atoms with Crippen molar-refractivity contribution in [3.63, 3.8) is 0 Å². The molecule has 0 bridgehead atoms. The predicted octanol–water partition coefficient (Wildman–Crippen LogP) is 24.7. The van der Waals surface area contributed by atoms with Crippen LogP contribution in [-0.2, 0) is 0 Å². The van der Waals surface area contributed by atoms with Crippen LogP contribution in [0.5, 0.6) is 34.5 Å². The van der Waals surface area contributed by atoms with E-state index in [-0.39, 0.29) is 67.9 Å². The fraction of sp³-hybridized carbons (Fsp3) is 0.560. The Labute approximate surface area is 834 Å². The number of hydrogen-bond acceptors (Lipinski definition) is 17. The van der Waals surface area contributed by atoms with Gasteiger partial charge < -0.3 is 51.7 Å². The first-order valence-electron chi connectivity index (χ1n) is 44.1. The maximum Gasteiger partial charge on any atom is 1.00 e. The first kappa shape index (κ1) is 119.